The molecule has 1 aromatic rings. The van der Waals surface area contributed by atoms with Crippen molar-refractivity contribution in [1.82, 2.24) is 15.6 Å². The molecule has 1 saturated carbocycles. The highest BCUT2D eigenvalue weighted by Gasteiger charge is 2.23. The largest absolute Gasteiger partial charge is 0.481 e. The van der Waals surface area contributed by atoms with Crippen LogP contribution in [0.25, 0.3) is 0 Å². The van der Waals surface area contributed by atoms with Gasteiger partial charge in [-0.3, -0.25) is 4.99 Å². The molecule has 0 saturated heterocycles. The monoisotopic (exact) mass is 446 g/mol. The number of guanidine groups is 1. The molecule has 6 heteroatoms. The van der Waals surface area contributed by atoms with Crippen LogP contribution in [0.5, 0.6) is 5.88 Å². The third-order valence-corrected chi connectivity index (χ3v) is 4.75. The van der Waals surface area contributed by atoms with E-state index in [4.69, 9.17) is 4.74 Å². The molecule has 0 aromatic carbocycles. The highest BCUT2D eigenvalue weighted by molar-refractivity contribution is 14.0. The van der Waals surface area contributed by atoms with Gasteiger partial charge in [0.25, 0.3) is 0 Å². The summed E-state index contributed by atoms with van der Waals surface area (Å²) >= 11 is 0. The molecule has 1 aromatic heterocycles. The van der Waals surface area contributed by atoms with Crippen LogP contribution in [-0.2, 0) is 6.54 Å². The van der Waals surface area contributed by atoms with Gasteiger partial charge < -0.3 is 15.4 Å². The maximum absolute atomic E-state index is 5.07. The van der Waals surface area contributed by atoms with E-state index in [0.717, 1.165) is 23.4 Å². The van der Waals surface area contributed by atoms with Crippen molar-refractivity contribution in [2.24, 2.45) is 16.8 Å². The van der Waals surface area contributed by atoms with Gasteiger partial charge in [0.05, 0.1) is 7.11 Å². The quantitative estimate of drug-likeness (QED) is 0.413. The Labute approximate surface area is 163 Å². The fourth-order valence-electron chi connectivity index (χ4n) is 3.14. The smallest absolute Gasteiger partial charge is 0.212 e. The Kier molecular flexibility index (Phi) is 9.39. The van der Waals surface area contributed by atoms with Gasteiger partial charge in [0.15, 0.2) is 5.96 Å². The number of aliphatic imine (C=N–C) groups is 1. The Bertz CT molecular complexity index is 496. The van der Waals surface area contributed by atoms with Crippen LogP contribution in [0.1, 0.15) is 45.1 Å². The lowest BCUT2D eigenvalue weighted by molar-refractivity contribution is 0.250. The van der Waals surface area contributed by atoms with Gasteiger partial charge in [-0.05, 0) is 43.1 Å². The van der Waals surface area contributed by atoms with E-state index in [0.29, 0.717) is 18.5 Å². The summed E-state index contributed by atoms with van der Waals surface area (Å²) in [4.78, 5) is 8.55. The average molecular weight is 446 g/mol. The molecule has 24 heavy (non-hydrogen) atoms. The van der Waals surface area contributed by atoms with Gasteiger partial charge in [-0.1, -0.05) is 19.9 Å². The van der Waals surface area contributed by atoms with Gasteiger partial charge >= 0.3 is 0 Å². The Morgan fingerprint density at radius 2 is 2.00 bits per heavy atom. The summed E-state index contributed by atoms with van der Waals surface area (Å²) in [6.45, 7) is 5.38. The van der Waals surface area contributed by atoms with E-state index in [-0.39, 0.29) is 24.0 Å². The van der Waals surface area contributed by atoms with Gasteiger partial charge in [0, 0.05) is 31.9 Å². The second-order valence-electron chi connectivity index (χ2n) is 6.63. The van der Waals surface area contributed by atoms with Crippen molar-refractivity contribution in [2.75, 3.05) is 14.2 Å². The number of nitrogens with zero attached hydrogens (tertiary/aromatic N) is 2. The van der Waals surface area contributed by atoms with Crippen LogP contribution in [0.3, 0.4) is 0 Å². The predicted octanol–water partition coefficient (Wildman–Crippen LogP) is 3.59. The molecule has 0 atom stereocenters. The number of pyridine rings is 1. The maximum atomic E-state index is 5.07. The third-order valence-electron chi connectivity index (χ3n) is 4.75. The molecule has 0 radical (unpaired) electrons. The number of aromatic nitrogens is 1. The van der Waals surface area contributed by atoms with Gasteiger partial charge in [0.1, 0.15) is 0 Å². The molecular formula is C18H31IN4O. The molecule has 1 aliphatic carbocycles. The van der Waals surface area contributed by atoms with E-state index < -0.39 is 0 Å². The van der Waals surface area contributed by atoms with E-state index in [9.17, 15) is 0 Å². The first-order chi connectivity index (χ1) is 11.1. The minimum Gasteiger partial charge on any atom is -0.481 e. The second kappa shape index (κ2) is 10.7. The summed E-state index contributed by atoms with van der Waals surface area (Å²) in [6.07, 6.45) is 6.91. The molecule has 0 unspecified atom stereocenters. The summed E-state index contributed by atoms with van der Waals surface area (Å²) in [5.74, 6) is 3.19. The molecule has 5 nitrogen and oxygen atoms in total. The Balaban J connectivity index is 0.00000288. The van der Waals surface area contributed by atoms with Crippen molar-refractivity contribution < 1.29 is 4.74 Å². The summed E-state index contributed by atoms with van der Waals surface area (Å²) < 4.78 is 5.07. The number of halogens is 1. The fraction of sp³-hybridized carbons (Fsp3) is 0.667. The number of ether oxygens (including phenoxy) is 1. The minimum absolute atomic E-state index is 0. The third kappa shape index (κ3) is 6.45. The highest BCUT2D eigenvalue weighted by Crippen LogP contribution is 2.29. The molecular weight excluding hydrogens is 415 g/mol. The first kappa shape index (κ1) is 21.0. The van der Waals surface area contributed by atoms with Crippen molar-refractivity contribution in [1.29, 1.82) is 0 Å². The summed E-state index contributed by atoms with van der Waals surface area (Å²) in [7, 11) is 3.45. The Hall–Kier alpha value is -1.05. The number of hydrogen-bond donors (Lipinski definition) is 2. The van der Waals surface area contributed by atoms with Gasteiger partial charge in [-0.2, -0.15) is 0 Å². The first-order valence-electron chi connectivity index (χ1n) is 8.58. The van der Waals surface area contributed by atoms with Crippen LogP contribution in [-0.4, -0.2) is 31.1 Å². The summed E-state index contributed by atoms with van der Waals surface area (Å²) in [5.41, 5.74) is 1.11. The van der Waals surface area contributed by atoms with Crippen molar-refractivity contribution in [3.8, 4) is 5.88 Å². The van der Waals surface area contributed by atoms with Crippen molar-refractivity contribution in [2.45, 2.75) is 52.1 Å². The molecule has 1 aliphatic rings. The second-order valence-corrected chi connectivity index (χ2v) is 6.63. The predicted molar refractivity (Wildman–Crippen MR) is 110 cm³/mol. The average Bonchev–Trinajstić information content (AvgIpc) is 2.59. The Morgan fingerprint density at radius 1 is 1.29 bits per heavy atom. The van der Waals surface area contributed by atoms with E-state index in [2.05, 4.69) is 34.5 Å². The van der Waals surface area contributed by atoms with E-state index in [1.165, 1.54) is 25.7 Å². The maximum Gasteiger partial charge on any atom is 0.212 e. The normalized spacial score (nSPS) is 21.1. The lowest BCUT2D eigenvalue weighted by Gasteiger charge is -2.32. The van der Waals surface area contributed by atoms with Crippen molar-refractivity contribution >= 4 is 29.9 Å². The number of rotatable bonds is 5. The van der Waals surface area contributed by atoms with Crippen LogP contribution in [0.15, 0.2) is 23.3 Å². The van der Waals surface area contributed by atoms with Crippen molar-refractivity contribution in [3.05, 3.63) is 23.9 Å². The Morgan fingerprint density at radius 3 is 2.50 bits per heavy atom. The topological polar surface area (TPSA) is 58.5 Å². The molecule has 1 fully saturated rings. The van der Waals surface area contributed by atoms with Crippen LogP contribution >= 0.6 is 24.0 Å². The highest BCUT2D eigenvalue weighted by atomic mass is 127. The first-order valence-corrected chi connectivity index (χ1v) is 8.58. The van der Waals surface area contributed by atoms with Crippen LogP contribution < -0.4 is 15.4 Å². The standard InChI is InChI=1S/C18H30N4O.HI/c1-13(2)15-6-8-16(9-7-15)22-18(19-3)21-12-14-5-10-17(23-4)20-11-14;/h5,10-11,13,15-16H,6-9,12H2,1-4H3,(H2,19,21,22);1H. The molecule has 2 N–H and O–H groups in total. The summed E-state index contributed by atoms with van der Waals surface area (Å²) in [6, 6.07) is 4.42. The van der Waals surface area contributed by atoms with E-state index in [1.807, 2.05) is 25.4 Å². The fourth-order valence-corrected chi connectivity index (χ4v) is 3.14. The minimum atomic E-state index is 0. The number of nitrogens with one attached hydrogen (secondary N) is 2. The van der Waals surface area contributed by atoms with E-state index >= 15 is 0 Å². The zero-order valence-electron chi connectivity index (χ0n) is 15.2. The number of methoxy groups -OCH3 is 1. The molecule has 136 valence electrons. The molecule has 0 spiro atoms. The van der Waals surface area contributed by atoms with Crippen LogP contribution in [0.2, 0.25) is 0 Å². The molecule has 0 aliphatic heterocycles. The van der Waals surface area contributed by atoms with Gasteiger partial charge in [0.2, 0.25) is 5.88 Å². The van der Waals surface area contributed by atoms with E-state index in [1.54, 1.807) is 7.11 Å². The summed E-state index contributed by atoms with van der Waals surface area (Å²) in [5, 5.41) is 6.91. The SMILES string of the molecule is CN=C(NCc1ccc(OC)nc1)NC1CCC(C(C)C)CC1.I. The lowest BCUT2D eigenvalue weighted by atomic mass is 9.80. The van der Waals surface area contributed by atoms with Gasteiger partial charge in [-0.15, -0.1) is 24.0 Å². The molecule has 0 bridgehead atoms. The van der Waals surface area contributed by atoms with Crippen molar-refractivity contribution in [3.63, 3.8) is 0 Å². The zero-order valence-corrected chi connectivity index (χ0v) is 17.5. The lowest BCUT2D eigenvalue weighted by Crippen LogP contribution is -2.44. The molecule has 0 amide bonds. The van der Waals surface area contributed by atoms with Crippen LogP contribution in [0, 0.1) is 11.8 Å². The molecule has 2 rings (SSSR count). The number of hydrogen-bond acceptors (Lipinski definition) is 3. The zero-order chi connectivity index (χ0) is 16.7. The van der Waals surface area contributed by atoms with Gasteiger partial charge in [-0.25, -0.2) is 4.98 Å². The van der Waals surface area contributed by atoms with Crippen LogP contribution in [0.4, 0.5) is 0 Å². The molecule has 1 heterocycles.